The first-order valence-electron chi connectivity index (χ1n) is 11.5. The third-order valence-corrected chi connectivity index (χ3v) is 8.90. The van der Waals surface area contributed by atoms with Crippen LogP contribution in [0, 0.1) is 5.92 Å². The highest BCUT2D eigenvalue weighted by Crippen LogP contribution is 2.43. The summed E-state index contributed by atoms with van der Waals surface area (Å²) >= 11 is 0. The number of allylic oxidation sites excluding steroid dienone is 2. The number of fused-ring (bicyclic) bond motifs is 2. The van der Waals surface area contributed by atoms with Gasteiger partial charge in [-0.1, -0.05) is 35.9 Å². The van der Waals surface area contributed by atoms with Crippen molar-refractivity contribution in [2.24, 2.45) is 10.3 Å². The number of nitrogens with zero attached hydrogens (tertiary/aromatic N) is 1. The van der Waals surface area contributed by atoms with Crippen molar-refractivity contribution in [3.63, 3.8) is 0 Å². The fourth-order valence-corrected chi connectivity index (χ4v) is 6.61. The molecule has 9 nitrogen and oxygen atoms in total. The molecule has 0 aromatic heterocycles. The van der Waals surface area contributed by atoms with E-state index >= 15 is 0 Å². The summed E-state index contributed by atoms with van der Waals surface area (Å²) in [6, 6.07) is 10.8. The molecule has 2 aliphatic carbocycles. The molecule has 0 bridgehead atoms. The summed E-state index contributed by atoms with van der Waals surface area (Å²) in [7, 11) is -7.96. The number of nitrogens with one attached hydrogen (secondary N) is 2. The molecule has 2 aromatic rings. The third-order valence-electron chi connectivity index (χ3n) is 6.97. The predicted octanol–water partition coefficient (Wildman–Crippen LogP) is 3.41. The second-order valence-corrected chi connectivity index (χ2v) is 12.9. The second kappa shape index (κ2) is 8.38. The quantitative estimate of drug-likeness (QED) is 0.449. The van der Waals surface area contributed by atoms with E-state index in [-0.39, 0.29) is 22.1 Å². The molecule has 1 aliphatic heterocycles. The number of anilines is 2. The molecule has 0 spiro atoms. The molecule has 3 aliphatic rings. The maximum Gasteiger partial charge on any atom is 0.286 e. The SMILES string of the molecule is CC1(CC=C2CCC2)C(=O)C(C2=NS(=O)(=O)c3cc(NS(C)(=O)=O)ccc3N2)C(=O)c2ccccc21. The van der Waals surface area contributed by atoms with Gasteiger partial charge >= 0.3 is 0 Å². The summed E-state index contributed by atoms with van der Waals surface area (Å²) in [5.74, 6) is -2.59. The molecule has 36 heavy (non-hydrogen) atoms. The first kappa shape index (κ1) is 24.4. The first-order chi connectivity index (χ1) is 16.9. The molecule has 11 heteroatoms. The largest absolute Gasteiger partial charge is 0.341 e. The topological polar surface area (TPSA) is 139 Å². The normalized spacial score (nSPS) is 24.6. The highest BCUT2D eigenvalue weighted by Gasteiger charge is 2.51. The van der Waals surface area contributed by atoms with Gasteiger partial charge in [0.15, 0.2) is 11.6 Å². The minimum atomic E-state index is -4.33. The first-order valence-corrected chi connectivity index (χ1v) is 14.8. The van der Waals surface area contributed by atoms with Crippen LogP contribution in [0.2, 0.25) is 0 Å². The molecule has 2 unspecified atom stereocenters. The monoisotopic (exact) mass is 527 g/mol. The van der Waals surface area contributed by atoms with Crippen molar-refractivity contribution in [3.05, 3.63) is 65.2 Å². The molecular weight excluding hydrogens is 502 g/mol. The minimum absolute atomic E-state index is 0.0515. The lowest BCUT2D eigenvalue weighted by molar-refractivity contribution is -0.125. The number of rotatable bonds is 5. The van der Waals surface area contributed by atoms with E-state index in [0.717, 1.165) is 31.6 Å². The molecule has 2 aromatic carbocycles. The van der Waals surface area contributed by atoms with Gasteiger partial charge in [0, 0.05) is 11.3 Å². The van der Waals surface area contributed by atoms with Gasteiger partial charge in [-0.25, -0.2) is 8.42 Å². The van der Waals surface area contributed by atoms with Gasteiger partial charge < -0.3 is 5.32 Å². The summed E-state index contributed by atoms with van der Waals surface area (Å²) in [6.07, 6.45) is 6.52. The fraction of sp³-hybridized carbons (Fsp3) is 0.320. The van der Waals surface area contributed by atoms with Crippen LogP contribution in [0.15, 0.2) is 63.4 Å². The van der Waals surface area contributed by atoms with Gasteiger partial charge in [0.1, 0.15) is 16.6 Å². The van der Waals surface area contributed by atoms with Crippen LogP contribution >= 0.6 is 0 Å². The molecule has 2 atom stereocenters. The maximum absolute atomic E-state index is 13.9. The van der Waals surface area contributed by atoms with E-state index in [2.05, 4.69) is 20.5 Å². The number of carbonyl (C=O) groups is 2. The molecule has 0 amide bonds. The number of sulfonamides is 2. The number of hydrogen-bond donors (Lipinski definition) is 2. The van der Waals surface area contributed by atoms with Crippen molar-refractivity contribution in [2.45, 2.75) is 42.9 Å². The number of hydrogen-bond acceptors (Lipinski definition) is 7. The van der Waals surface area contributed by atoms with Crippen molar-refractivity contribution in [1.29, 1.82) is 0 Å². The Morgan fingerprint density at radius 1 is 1.17 bits per heavy atom. The van der Waals surface area contributed by atoms with E-state index < -0.39 is 42.9 Å². The lowest BCUT2D eigenvalue weighted by Gasteiger charge is -2.38. The standard InChI is InChI=1S/C25H25N3O6S2/c1-25(13-12-15-6-5-7-15)18-9-4-3-8-17(18)22(29)21(23(25)30)24-26-19-11-10-16(27-35(2,31)32)14-20(19)36(33,34)28-24/h3-4,8-12,14,21,27H,5-7,13H2,1-2H3,(H,26,28). The van der Waals surface area contributed by atoms with E-state index in [9.17, 15) is 26.4 Å². The van der Waals surface area contributed by atoms with Crippen LogP contribution in [0.3, 0.4) is 0 Å². The van der Waals surface area contributed by atoms with Gasteiger partial charge in [-0.2, -0.15) is 8.42 Å². The molecule has 188 valence electrons. The zero-order chi connectivity index (χ0) is 25.9. The predicted molar refractivity (Wildman–Crippen MR) is 136 cm³/mol. The molecule has 1 saturated carbocycles. The van der Waals surface area contributed by atoms with E-state index in [0.29, 0.717) is 17.5 Å². The average molecular weight is 528 g/mol. The molecule has 5 rings (SSSR count). The number of carbonyl (C=O) groups excluding carboxylic acids is 2. The Bertz CT molecular complexity index is 1590. The zero-order valence-electron chi connectivity index (χ0n) is 19.7. The number of benzene rings is 2. The highest BCUT2D eigenvalue weighted by atomic mass is 32.2. The van der Waals surface area contributed by atoms with Crippen molar-refractivity contribution < 1.29 is 26.4 Å². The van der Waals surface area contributed by atoms with E-state index in [4.69, 9.17) is 0 Å². The van der Waals surface area contributed by atoms with E-state index in [1.165, 1.54) is 17.7 Å². The van der Waals surface area contributed by atoms with Crippen LogP contribution in [0.25, 0.3) is 0 Å². The molecular formula is C25H25N3O6S2. The Kier molecular flexibility index (Phi) is 5.68. The Hall–Kier alpha value is -3.31. The van der Waals surface area contributed by atoms with Crippen LogP contribution in [-0.2, 0) is 30.3 Å². The summed E-state index contributed by atoms with van der Waals surface area (Å²) < 4.78 is 55.3. The lowest BCUT2D eigenvalue weighted by Crippen LogP contribution is -2.51. The van der Waals surface area contributed by atoms with Crippen molar-refractivity contribution in [3.8, 4) is 0 Å². The minimum Gasteiger partial charge on any atom is -0.341 e. The fourth-order valence-electron chi connectivity index (χ4n) is 4.88. The Labute approximate surface area is 209 Å². The van der Waals surface area contributed by atoms with Crippen LogP contribution in [0.5, 0.6) is 0 Å². The molecule has 1 heterocycles. The van der Waals surface area contributed by atoms with Crippen LogP contribution in [0.1, 0.15) is 48.5 Å². The van der Waals surface area contributed by atoms with E-state index in [1.54, 1.807) is 31.2 Å². The lowest BCUT2D eigenvalue weighted by atomic mass is 9.63. The van der Waals surface area contributed by atoms with Crippen molar-refractivity contribution in [1.82, 2.24) is 0 Å². The Balaban J connectivity index is 1.57. The van der Waals surface area contributed by atoms with Crippen molar-refractivity contribution >= 4 is 48.8 Å². The number of ketones is 2. The van der Waals surface area contributed by atoms with Crippen LogP contribution in [0.4, 0.5) is 11.4 Å². The summed E-state index contributed by atoms with van der Waals surface area (Å²) in [5.41, 5.74) is 1.40. The maximum atomic E-state index is 13.9. The van der Waals surface area contributed by atoms with E-state index in [1.807, 2.05) is 0 Å². The van der Waals surface area contributed by atoms with Gasteiger partial charge in [-0.3, -0.25) is 14.3 Å². The summed E-state index contributed by atoms with van der Waals surface area (Å²) in [4.78, 5) is 27.2. The third kappa shape index (κ3) is 4.16. The number of amidine groups is 1. The van der Waals surface area contributed by atoms with Crippen LogP contribution in [-0.4, -0.2) is 40.5 Å². The van der Waals surface area contributed by atoms with Gasteiger partial charge in [0.2, 0.25) is 10.0 Å². The number of Topliss-reactive ketones (excluding diaryl/α,β-unsaturated/α-hetero) is 2. The smallest absolute Gasteiger partial charge is 0.286 e. The summed E-state index contributed by atoms with van der Waals surface area (Å²) in [6.45, 7) is 1.79. The highest BCUT2D eigenvalue weighted by molar-refractivity contribution is 7.92. The molecule has 0 radical (unpaired) electrons. The van der Waals surface area contributed by atoms with Gasteiger partial charge in [-0.05, 0) is 56.4 Å². The Morgan fingerprint density at radius 3 is 2.56 bits per heavy atom. The Morgan fingerprint density at radius 2 is 1.89 bits per heavy atom. The molecule has 0 saturated heterocycles. The zero-order valence-corrected chi connectivity index (χ0v) is 21.4. The molecule has 1 fully saturated rings. The van der Waals surface area contributed by atoms with Crippen molar-refractivity contribution in [2.75, 3.05) is 16.3 Å². The summed E-state index contributed by atoms with van der Waals surface area (Å²) in [5, 5.41) is 2.87. The van der Waals surface area contributed by atoms with Gasteiger partial charge in [0.05, 0.1) is 17.4 Å². The van der Waals surface area contributed by atoms with Gasteiger partial charge in [0.25, 0.3) is 10.0 Å². The second-order valence-electron chi connectivity index (χ2n) is 9.62. The van der Waals surface area contributed by atoms with Crippen LogP contribution < -0.4 is 10.0 Å². The van der Waals surface area contributed by atoms with Gasteiger partial charge in [-0.15, -0.1) is 4.40 Å². The average Bonchev–Trinajstić information content (AvgIpc) is 2.76. The molecule has 2 N–H and O–H groups in total.